The quantitative estimate of drug-likeness (QED) is 0.282. The lowest BCUT2D eigenvalue weighted by Crippen LogP contribution is -2.10. The van der Waals surface area contributed by atoms with Crippen LogP contribution in [0.4, 0.5) is 11.4 Å². The van der Waals surface area contributed by atoms with Crippen molar-refractivity contribution in [3.8, 4) is 6.07 Å². The van der Waals surface area contributed by atoms with Gasteiger partial charge < -0.3 is 5.73 Å². The Morgan fingerprint density at radius 1 is 1.62 bits per heavy atom. The van der Waals surface area contributed by atoms with Gasteiger partial charge in [-0.15, -0.1) is 11.6 Å². The van der Waals surface area contributed by atoms with E-state index in [2.05, 4.69) is 0 Å². The normalized spacial score (nSPS) is 9.50. The number of hydrogen-bond acceptors (Lipinski definition) is 5. The number of alkyl halides is 1. The summed E-state index contributed by atoms with van der Waals surface area (Å²) in [5, 5.41) is 19.3. The van der Waals surface area contributed by atoms with Gasteiger partial charge in [0.25, 0.3) is 5.69 Å². The van der Waals surface area contributed by atoms with Crippen molar-refractivity contribution in [1.82, 2.24) is 0 Å². The van der Waals surface area contributed by atoms with Crippen molar-refractivity contribution in [2.24, 2.45) is 0 Å². The van der Waals surface area contributed by atoms with Crippen LogP contribution in [0.5, 0.6) is 0 Å². The number of Topliss-reactive ketones (excluding diaryl/α,β-unsaturated/α-hetero) is 1. The second-order valence-corrected chi connectivity index (χ2v) is 3.11. The van der Waals surface area contributed by atoms with Crippen molar-refractivity contribution >= 4 is 28.8 Å². The van der Waals surface area contributed by atoms with E-state index in [1.54, 1.807) is 6.07 Å². The zero-order chi connectivity index (χ0) is 12.3. The molecule has 0 radical (unpaired) electrons. The summed E-state index contributed by atoms with van der Waals surface area (Å²) >= 11 is 5.33. The summed E-state index contributed by atoms with van der Waals surface area (Å²) in [4.78, 5) is 21.3. The highest BCUT2D eigenvalue weighted by molar-refractivity contribution is 6.31. The van der Waals surface area contributed by atoms with E-state index in [4.69, 9.17) is 22.6 Å². The highest BCUT2D eigenvalue weighted by atomic mass is 35.5. The van der Waals surface area contributed by atoms with Crippen molar-refractivity contribution in [2.75, 3.05) is 11.6 Å². The van der Waals surface area contributed by atoms with Crippen molar-refractivity contribution < 1.29 is 9.72 Å². The minimum Gasteiger partial charge on any atom is -0.393 e. The number of nitro groups is 1. The maximum atomic E-state index is 11.4. The van der Waals surface area contributed by atoms with Crippen LogP contribution in [0.25, 0.3) is 0 Å². The fraction of sp³-hybridized carbons (Fsp3) is 0.111. The van der Waals surface area contributed by atoms with Crippen molar-refractivity contribution in [2.45, 2.75) is 0 Å². The zero-order valence-corrected chi connectivity index (χ0v) is 8.69. The van der Waals surface area contributed by atoms with Crippen LogP contribution in [-0.4, -0.2) is 16.6 Å². The van der Waals surface area contributed by atoms with Crippen LogP contribution in [0.2, 0.25) is 0 Å². The number of anilines is 1. The van der Waals surface area contributed by atoms with Gasteiger partial charge in [-0.2, -0.15) is 5.26 Å². The molecule has 0 bridgehead atoms. The second kappa shape index (κ2) is 4.59. The fourth-order valence-corrected chi connectivity index (χ4v) is 1.36. The number of rotatable bonds is 3. The van der Waals surface area contributed by atoms with Crippen LogP contribution < -0.4 is 5.73 Å². The molecular formula is C9H6ClN3O3. The highest BCUT2D eigenvalue weighted by Crippen LogP contribution is 2.28. The van der Waals surface area contributed by atoms with Gasteiger partial charge in [-0.25, -0.2) is 0 Å². The number of nitro benzene ring substituents is 1. The Labute approximate surface area is 95.4 Å². The van der Waals surface area contributed by atoms with Crippen LogP contribution in [0.3, 0.4) is 0 Å². The minimum atomic E-state index is -0.721. The smallest absolute Gasteiger partial charge is 0.292 e. The first-order valence-electron chi connectivity index (χ1n) is 4.09. The van der Waals surface area contributed by atoms with Gasteiger partial charge in [-0.3, -0.25) is 14.9 Å². The molecule has 16 heavy (non-hydrogen) atoms. The largest absolute Gasteiger partial charge is 0.393 e. The minimum absolute atomic E-state index is 0.0197. The lowest BCUT2D eigenvalue weighted by Gasteiger charge is -2.05. The summed E-state index contributed by atoms with van der Waals surface area (Å²) in [5.41, 5.74) is 4.52. The molecule has 7 heteroatoms. The fourth-order valence-electron chi connectivity index (χ4n) is 1.23. The maximum absolute atomic E-state index is 11.4. The lowest BCUT2D eigenvalue weighted by atomic mass is 10.0. The first-order valence-corrected chi connectivity index (χ1v) is 4.62. The van der Waals surface area contributed by atoms with Gasteiger partial charge in [0.05, 0.1) is 28.0 Å². The number of carbonyl (C=O) groups is 1. The Hall–Kier alpha value is -2.13. The van der Waals surface area contributed by atoms with Crippen LogP contribution in [-0.2, 0) is 0 Å². The SMILES string of the molecule is N#Cc1ccc([N+](=O)[O-])c(N)c1C(=O)CCl. The number of benzene rings is 1. The summed E-state index contributed by atoms with van der Waals surface area (Å²) in [5.74, 6) is -1.00. The molecule has 1 aromatic carbocycles. The number of hydrogen-bond donors (Lipinski definition) is 1. The molecule has 0 spiro atoms. The summed E-state index contributed by atoms with van der Waals surface area (Å²) in [6, 6.07) is 3.99. The van der Waals surface area contributed by atoms with E-state index in [0.717, 1.165) is 6.07 Å². The predicted octanol–water partition coefficient (Wildman–Crippen LogP) is 1.47. The standard InChI is InChI=1S/C9H6ClN3O3/c10-3-7(14)8-5(4-11)1-2-6(9(8)12)13(15)16/h1-2H,3,12H2. The Bertz CT molecular complexity index is 507. The molecule has 0 fully saturated rings. The third kappa shape index (κ3) is 1.94. The molecule has 0 saturated heterocycles. The van der Waals surface area contributed by atoms with Crippen LogP contribution in [0.1, 0.15) is 15.9 Å². The Morgan fingerprint density at radius 3 is 2.69 bits per heavy atom. The van der Waals surface area contributed by atoms with Gasteiger partial charge >= 0.3 is 0 Å². The molecule has 6 nitrogen and oxygen atoms in total. The third-order valence-electron chi connectivity index (χ3n) is 1.94. The average molecular weight is 240 g/mol. The molecule has 0 aromatic heterocycles. The molecule has 0 unspecified atom stereocenters. The maximum Gasteiger partial charge on any atom is 0.292 e. The van der Waals surface area contributed by atoms with Gasteiger partial charge in [-0.1, -0.05) is 0 Å². The molecule has 0 saturated carbocycles. The molecule has 0 heterocycles. The first kappa shape index (κ1) is 11.9. The molecule has 0 aliphatic rings. The van der Waals surface area contributed by atoms with E-state index >= 15 is 0 Å². The van der Waals surface area contributed by atoms with E-state index in [9.17, 15) is 14.9 Å². The summed E-state index contributed by atoms with van der Waals surface area (Å²) in [6.07, 6.45) is 0. The van der Waals surface area contributed by atoms with E-state index < -0.39 is 16.4 Å². The molecule has 0 aliphatic heterocycles. The molecule has 0 aliphatic carbocycles. The summed E-state index contributed by atoms with van der Waals surface area (Å²) in [6.45, 7) is 0. The van der Waals surface area contributed by atoms with E-state index in [1.807, 2.05) is 0 Å². The van der Waals surface area contributed by atoms with Gasteiger partial charge in [0, 0.05) is 6.07 Å². The number of ketones is 1. The summed E-state index contributed by atoms with van der Waals surface area (Å²) < 4.78 is 0. The van der Waals surface area contributed by atoms with E-state index in [1.165, 1.54) is 6.07 Å². The Kier molecular flexibility index (Phi) is 3.43. The molecule has 0 atom stereocenters. The third-order valence-corrected chi connectivity index (χ3v) is 2.18. The molecule has 0 amide bonds. The molecule has 82 valence electrons. The van der Waals surface area contributed by atoms with Gasteiger partial charge in [0.1, 0.15) is 5.69 Å². The van der Waals surface area contributed by atoms with Crippen molar-refractivity contribution in [1.29, 1.82) is 5.26 Å². The van der Waals surface area contributed by atoms with Gasteiger partial charge in [0.15, 0.2) is 5.78 Å². The van der Waals surface area contributed by atoms with Crippen molar-refractivity contribution in [3.63, 3.8) is 0 Å². The van der Waals surface area contributed by atoms with Crippen molar-refractivity contribution in [3.05, 3.63) is 33.4 Å². The zero-order valence-electron chi connectivity index (χ0n) is 7.94. The van der Waals surface area contributed by atoms with Crippen LogP contribution in [0.15, 0.2) is 12.1 Å². The number of carbonyl (C=O) groups excluding carboxylic acids is 1. The molecule has 1 aromatic rings. The predicted molar refractivity (Wildman–Crippen MR) is 57.3 cm³/mol. The van der Waals surface area contributed by atoms with Crippen LogP contribution >= 0.6 is 11.6 Å². The molecule has 1 rings (SSSR count). The number of nitrogens with zero attached hydrogens (tertiary/aromatic N) is 2. The van der Waals surface area contributed by atoms with Gasteiger partial charge in [-0.05, 0) is 6.07 Å². The molecule has 2 N–H and O–H groups in total. The number of nitrogen functional groups attached to an aromatic ring is 1. The van der Waals surface area contributed by atoms with E-state index in [0.29, 0.717) is 0 Å². The monoisotopic (exact) mass is 239 g/mol. The highest BCUT2D eigenvalue weighted by Gasteiger charge is 2.22. The second-order valence-electron chi connectivity index (χ2n) is 2.85. The van der Waals surface area contributed by atoms with Gasteiger partial charge in [0.2, 0.25) is 0 Å². The van der Waals surface area contributed by atoms with Crippen LogP contribution in [0, 0.1) is 21.4 Å². The molecular weight excluding hydrogens is 234 g/mol. The summed E-state index contributed by atoms with van der Waals surface area (Å²) in [7, 11) is 0. The average Bonchev–Trinajstić information content (AvgIpc) is 2.26. The Balaban J connectivity index is 3.54. The topological polar surface area (TPSA) is 110 Å². The number of nitrogens with two attached hydrogens (primary N) is 1. The number of nitriles is 1. The van der Waals surface area contributed by atoms with E-state index in [-0.39, 0.29) is 22.7 Å². The lowest BCUT2D eigenvalue weighted by molar-refractivity contribution is -0.383. The Morgan fingerprint density at radius 2 is 2.25 bits per heavy atom. The number of halogens is 1. The first-order chi connectivity index (χ1) is 7.52.